The number of fused-ring (bicyclic) bond motifs is 6. The van der Waals surface area contributed by atoms with Crippen molar-refractivity contribution < 1.29 is 14.2 Å². The van der Waals surface area contributed by atoms with E-state index in [0.717, 1.165) is 53.2 Å². The van der Waals surface area contributed by atoms with Gasteiger partial charge in [-0.3, -0.25) is 4.79 Å². The maximum absolute atomic E-state index is 13.2. The monoisotopic (exact) mass is 430 g/mol. The zero-order valence-electron chi connectivity index (χ0n) is 17.9. The molecular formula is C23H22N6O3. The molecule has 9 heteroatoms. The lowest BCUT2D eigenvalue weighted by Crippen LogP contribution is -2.43. The Balaban J connectivity index is 1.37. The molecule has 0 N–H and O–H groups in total. The predicted molar refractivity (Wildman–Crippen MR) is 114 cm³/mol. The standard InChI is InChI=1S/C23H22N6O3/c1-13-17(27-32-26-13)11-23(30)28-14-7-8-19(28)16-12-24-22-10-18(25-29(22)20(16)9-14)15-5-3-4-6-21(15)31-2/h3-6,10,12,14,19H,7-9,11H2,1-2H3/t14-,19-/m1/s1. The molecule has 2 aliphatic rings. The van der Waals surface area contributed by atoms with Gasteiger partial charge in [0.2, 0.25) is 5.91 Å². The molecule has 1 aromatic carbocycles. The number of para-hydroxylation sites is 1. The van der Waals surface area contributed by atoms with E-state index in [0.29, 0.717) is 11.4 Å². The van der Waals surface area contributed by atoms with Crippen LogP contribution in [0.2, 0.25) is 0 Å². The van der Waals surface area contributed by atoms with Crippen molar-refractivity contribution in [3.05, 3.63) is 59.2 Å². The van der Waals surface area contributed by atoms with Crippen molar-refractivity contribution in [2.75, 3.05) is 7.11 Å². The molecule has 162 valence electrons. The topological polar surface area (TPSA) is 98.7 Å². The number of hydrogen-bond acceptors (Lipinski definition) is 7. The SMILES string of the molecule is COc1ccccc1-c1cc2ncc3c(n2n1)C[C@H]1CC[C@H]3N1C(=O)Cc1nonc1C. The second-order valence-electron chi connectivity index (χ2n) is 8.39. The van der Waals surface area contributed by atoms with Crippen molar-refractivity contribution in [3.8, 4) is 17.0 Å². The largest absolute Gasteiger partial charge is 0.496 e. The van der Waals surface area contributed by atoms with Gasteiger partial charge in [-0.1, -0.05) is 22.4 Å². The van der Waals surface area contributed by atoms with Gasteiger partial charge in [-0.15, -0.1) is 0 Å². The van der Waals surface area contributed by atoms with Gasteiger partial charge in [0.15, 0.2) is 5.65 Å². The van der Waals surface area contributed by atoms with Gasteiger partial charge in [0.25, 0.3) is 0 Å². The van der Waals surface area contributed by atoms with Crippen molar-refractivity contribution in [3.63, 3.8) is 0 Å². The molecule has 32 heavy (non-hydrogen) atoms. The summed E-state index contributed by atoms with van der Waals surface area (Å²) in [6, 6.07) is 9.98. The molecule has 9 nitrogen and oxygen atoms in total. The van der Waals surface area contributed by atoms with Gasteiger partial charge >= 0.3 is 0 Å². The predicted octanol–water partition coefficient (Wildman–Crippen LogP) is 2.93. The summed E-state index contributed by atoms with van der Waals surface area (Å²) in [5.41, 5.74) is 6.02. The molecule has 1 fully saturated rings. The van der Waals surface area contributed by atoms with E-state index in [4.69, 9.17) is 14.5 Å². The molecule has 0 unspecified atom stereocenters. The zero-order valence-corrected chi connectivity index (χ0v) is 17.9. The maximum atomic E-state index is 13.2. The van der Waals surface area contributed by atoms with Crippen LogP contribution in [0.4, 0.5) is 0 Å². The number of hydrogen-bond donors (Lipinski definition) is 0. The highest BCUT2D eigenvalue weighted by Gasteiger charge is 2.44. The Hall–Kier alpha value is -3.75. The molecule has 2 atom stereocenters. The van der Waals surface area contributed by atoms with E-state index >= 15 is 0 Å². The first-order valence-corrected chi connectivity index (χ1v) is 10.7. The highest BCUT2D eigenvalue weighted by Crippen LogP contribution is 2.44. The molecule has 1 saturated heterocycles. The first-order chi connectivity index (χ1) is 15.6. The Bertz CT molecular complexity index is 1340. The molecule has 2 aliphatic heterocycles. The number of amides is 1. The van der Waals surface area contributed by atoms with E-state index in [1.165, 1.54) is 0 Å². The molecule has 2 bridgehead atoms. The number of aryl methyl sites for hydroxylation is 1. The lowest BCUT2D eigenvalue weighted by Gasteiger charge is -2.36. The molecule has 3 aromatic heterocycles. The van der Waals surface area contributed by atoms with Crippen molar-refractivity contribution in [1.82, 2.24) is 29.8 Å². The summed E-state index contributed by atoms with van der Waals surface area (Å²) in [5.74, 6) is 0.830. The van der Waals surface area contributed by atoms with E-state index < -0.39 is 0 Å². The number of aromatic nitrogens is 5. The van der Waals surface area contributed by atoms with Crippen molar-refractivity contribution in [2.24, 2.45) is 0 Å². The minimum Gasteiger partial charge on any atom is -0.496 e. The summed E-state index contributed by atoms with van der Waals surface area (Å²) in [4.78, 5) is 19.9. The first-order valence-electron chi connectivity index (χ1n) is 10.7. The van der Waals surface area contributed by atoms with Crippen LogP contribution in [0.1, 0.15) is 41.5 Å². The minimum absolute atomic E-state index is 0.00669. The fourth-order valence-corrected chi connectivity index (χ4v) is 5.10. The van der Waals surface area contributed by atoms with E-state index in [1.807, 2.05) is 45.9 Å². The average Bonchev–Trinajstić information content (AvgIpc) is 3.50. The summed E-state index contributed by atoms with van der Waals surface area (Å²) < 4.78 is 12.2. The zero-order chi connectivity index (χ0) is 21.8. The summed E-state index contributed by atoms with van der Waals surface area (Å²) in [6.07, 6.45) is 4.75. The van der Waals surface area contributed by atoms with Crippen LogP contribution < -0.4 is 4.74 Å². The third kappa shape index (κ3) is 2.80. The minimum atomic E-state index is 0.00669. The Morgan fingerprint density at radius 2 is 2.12 bits per heavy atom. The van der Waals surface area contributed by atoms with E-state index in [2.05, 4.69) is 15.3 Å². The summed E-state index contributed by atoms with van der Waals surface area (Å²) >= 11 is 0. The lowest BCUT2D eigenvalue weighted by atomic mass is 9.98. The first kappa shape index (κ1) is 19.0. The average molecular weight is 430 g/mol. The molecular weight excluding hydrogens is 408 g/mol. The van der Waals surface area contributed by atoms with E-state index in [9.17, 15) is 4.79 Å². The van der Waals surface area contributed by atoms with Crippen molar-refractivity contribution in [1.29, 1.82) is 0 Å². The highest BCUT2D eigenvalue weighted by atomic mass is 16.6. The Labute approximate surface area is 184 Å². The second-order valence-corrected chi connectivity index (χ2v) is 8.39. The van der Waals surface area contributed by atoms with Crippen LogP contribution in [0.25, 0.3) is 16.9 Å². The molecule has 0 spiro atoms. The van der Waals surface area contributed by atoms with Gasteiger partial charge in [0.1, 0.15) is 17.1 Å². The van der Waals surface area contributed by atoms with Gasteiger partial charge in [-0.25, -0.2) is 14.1 Å². The normalized spacial score (nSPS) is 19.4. The Morgan fingerprint density at radius 1 is 1.25 bits per heavy atom. The van der Waals surface area contributed by atoms with Crippen LogP contribution in [0.3, 0.4) is 0 Å². The molecule has 6 rings (SSSR count). The third-order valence-electron chi connectivity index (χ3n) is 6.64. The number of methoxy groups -OCH3 is 1. The highest BCUT2D eigenvalue weighted by molar-refractivity contribution is 5.80. The number of ether oxygens (including phenoxy) is 1. The number of nitrogens with zero attached hydrogens (tertiary/aromatic N) is 6. The number of benzene rings is 1. The number of carbonyl (C=O) groups is 1. The Morgan fingerprint density at radius 3 is 2.94 bits per heavy atom. The smallest absolute Gasteiger partial charge is 0.229 e. The van der Waals surface area contributed by atoms with Crippen LogP contribution in [-0.2, 0) is 17.6 Å². The lowest BCUT2D eigenvalue weighted by molar-refractivity contribution is -0.134. The van der Waals surface area contributed by atoms with Gasteiger partial charge in [-0.2, -0.15) is 5.10 Å². The van der Waals surface area contributed by atoms with Crippen molar-refractivity contribution >= 4 is 11.6 Å². The van der Waals surface area contributed by atoms with Crippen LogP contribution in [0.15, 0.2) is 41.2 Å². The third-order valence-corrected chi connectivity index (χ3v) is 6.64. The molecule has 0 aliphatic carbocycles. The Kier molecular flexibility index (Phi) is 4.24. The van der Waals surface area contributed by atoms with Crippen LogP contribution in [-0.4, -0.2) is 48.9 Å². The molecule has 4 aromatic rings. The van der Waals surface area contributed by atoms with Crippen molar-refractivity contribution in [2.45, 2.75) is 44.7 Å². The maximum Gasteiger partial charge on any atom is 0.229 e. The fraction of sp³-hybridized carbons (Fsp3) is 0.348. The summed E-state index contributed by atoms with van der Waals surface area (Å²) in [7, 11) is 1.66. The van der Waals surface area contributed by atoms with Gasteiger partial charge in [-0.05, 0) is 31.9 Å². The molecule has 0 radical (unpaired) electrons. The van der Waals surface area contributed by atoms with Gasteiger partial charge in [0, 0.05) is 35.9 Å². The quantitative estimate of drug-likeness (QED) is 0.491. The molecule has 1 amide bonds. The summed E-state index contributed by atoms with van der Waals surface area (Å²) in [5, 5.41) is 12.6. The second kappa shape index (κ2) is 7.15. The number of rotatable bonds is 4. The van der Waals surface area contributed by atoms with E-state index in [1.54, 1.807) is 14.0 Å². The molecule has 0 saturated carbocycles. The van der Waals surface area contributed by atoms with E-state index in [-0.39, 0.29) is 24.4 Å². The van der Waals surface area contributed by atoms with Crippen LogP contribution in [0, 0.1) is 6.92 Å². The molecule has 5 heterocycles. The fourth-order valence-electron chi connectivity index (χ4n) is 5.10. The number of carbonyl (C=O) groups excluding carboxylic acids is 1. The van der Waals surface area contributed by atoms with Crippen LogP contribution in [0.5, 0.6) is 5.75 Å². The van der Waals surface area contributed by atoms with Gasteiger partial charge in [0.05, 0.1) is 31.0 Å². The van der Waals surface area contributed by atoms with Gasteiger partial charge < -0.3 is 9.64 Å². The van der Waals surface area contributed by atoms with Crippen LogP contribution >= 0.6 is 0 Å². The summed E-state index contributed by atoms with van der Waals surface area (Å²) in [6.45, 7) is 1.80.